The molecule has 3 rings (SSSR count). The second kappa shape index (κ2) is 13.6. The van der Waals surface area contributed by atoms with Crippen LogP contribution < -0.4 is 10.6 Å². The topological polar surface area (TPSA) is 72.7 Å². The van der Waals surface area contributed by atoms with Gasteiger partial charge in [0.25, 0.3) is 0 Å². The van der Waals surface area contributed by atoms with Crippen LogP contribution in [0.3, 0.4) is 0 Å². The van der Waals surface area contributed by atoms with Crippen LogP contribution in [-0.4, -0.2) is 55.5 Å². The van der Waals surface area contributed by atoms with Gasteiger partial charge < -0.3 is 24.7 Å². The van der Waals surface area contributed by atoms with Gasteiger partial charge in [0, 0.05) is 59.0 Å². The maximum atomic E-state index is 14.3. The van der Waals surface area contributed by atoms with Gasteiger partial charge in [0.15, 0.2) is 5.96 Å². The third-order valence-electron chi connectivity index (χ3n) is 4.93. The number of guanidine groups is 1. The third-order valence-corrected chi connectivity index (χ3v) is 4.93. The predicted octanol–water partition coefficient (Wildman–Crippen LogP) is 3.13. The van der Waals surface area contributed by atoms with Crippen LogP contribution in [0.15, 0.2) is 41.9 Å². The van der Waals surface area contributed by atoms with E-state index >= 15 is 0 Å². The fourth-order valence-electron chi connectivity index (χ4n) is 3.22. The standard InChI is InChI=1S/C21H30FN5O2.HI/c1-23-21(25-7-2-10-29-15-17-5-11-28-12-6-17)26-14-18-3-4-20(19(22)13-18)27-9-8-24-16-27;/h3-4,8-9,13,16-17H,2,5-7,10-12,14-15H2,1H3,(H2,23,25,26);1H. The Balaban J connectivity index is 0.00000320. The Morgan fingerprint density at radius 2 is 2.17 bits per heavy atom. The van der Waals surface area contributed by atoms with E-state index < -0.39 is 0 Å². The van der Waals surface area contributed by atoms with Crippen molar-refractivity contribution in [3.05, 3.63) is 48.3 Å². The fourth-order valence-corrected chi connectivity index (χ4v) is 3.22. The van der Waals surface area contributed by atoms with Gasteiger partial charge >= 0.3 is 0 Å². The SMILES string of the molecule is CN=C(NCCCOCC1CCOCC1)NCc1ccc(-n2ccnc2)c(F)c1.I. The molecule has 0 bridgehead atoms. The number of aliphatic imine (C=N–C) groups is 1. The molecule has 0 amide bonds. The zero-order valence-electron chi connectivity index (χ0n) is 17.3. The summed E-state index contributed by atoms with van der Waals surface area (Å²) >= 11 is 0. The molecule has 2 N–H and O–H groups in total. The predicted molar refractivity (Wildman–Crippen MR) is 126 cm³/mol. The summed E-state index contributed by atoms with van der Waals surface area (Å²) in [6.45, 7) is 4.50. The minimum atomic E-state index is -0.285. The number of aromatic nitrogens is 2. The van der Waals surface area contributed by atoms with Crippen molar-refractivity contribution in [1.82, 2.24) is 20.2 Å². The Labute approximate surface area is 194 Å². The zero-order valence-corrected chi connectivity index (χ0v) is 19.7. The quantitative estimate of drug-likeness (QED) is 0.225. The van der Waals surface area contributed by atoms with E-state index in [0.29, 0.717) is 24.1 Å². The maximum absolute atomic E-state index is 14.3. The lowest BCUT2D eigenvalue weighted by molar-refractivity contribution is 0.0203. The Bertz CT molecular complexity index is 767. The average molecular weight is 531 g/mol. The van der Waals surface area contributed by atoms with Gasteiger partial charge in [-0.15, -0.1) is 24.0 Å². The van der Waals surface area contributed by atoms with Crippen molar-refractivity contribution in [1.29, 1.82) is 0 Å². The molecule has 1 fully saturated rings. The highest BCUT2D eigenvalue weighted by Crippen LogP contribution is 2.15. The van der Waals surface area contributed by atoms with Crippen LogP contribution in [0, 0.1) is 11.7 Å². The number of halogens is 2. The molecule has 30 heavy (non-hydrogen) atoms. The van der Waals surface area contributed by atoms with Crippen LogP contribution in [0.5, 0.6) is 0 Å². The summed E-state index contributed by atoms with van der Waals surface area (Å²) in [6.07, 6.45) is 8.01. The lowest BCUT2D eigenvalue weighted by atomic mass is 10.0. The molecule has 1 aliphatic rings. The number of benzene rings is 1. The minimum Gasteiger partial charge on any atom is -0.381 e. The number of imidazole rings is 1. The van der Waals surface area contributed by atoms with Crippen LogP contribution in [0.25, 0.3) is 5.69 Å². The molecule has 1 saturated heterocycles. The Kier molecular flexibility index (Phi) is 11.1. The summed E-state index contributed by atoms with van der Waals surface area (Å²) in [5, 5.41) is 6.47. The molecule has 7 nitrogen and oxygen atoms in total. The first kappa shape index (κ1) is 24.5. The summed E-state index contributed by atoms with van der Waals surface area (Å²) in [5.74, 6) is 1.03. The lowest BCUT2D eigenvalue weighted by Crippen LogP contribution is -2.37. The summed E-state index contributed by atoms with van der Waals surface area (Å²) in [4.78, 5) is 8.16. The Hall–Kier alpha value is -1.72. The largest absolute Gasteiger partial charge is 0.381 e. The van der Waals surface area contributed by atoms with E-state index in [0.717, 1.165) is 57.8 Å². The van der Waals surface area contributed by atoms with Crippen LogP contribution >= 0.6 is 24.0 Å². The highest BCUT2D eigenvalue weighted by atomic mass is 127. The zero-order chi connectivity index (χ0) is 20.3. The molecule has 0 unspecified atom stereocenters. The van der Waals surface area contributed by atoms with Gasteiger partial charge in [-0.25, -0.2) is 9.37 Å². The number of nitrogens with zero attached hydrogens (tertiary/aromatic N) is 3. The molecule has 0 atom stereocenters. The molecular weight excluding hydrogens is 500 g/mol. The van der Waals surface area contributed by atoms with Crippen LogP contribution in [-0.2, 0) is 16.0 Å². The van der Waals surface area contributed by atoms with E-state index in [-0.39, 0.29) is 29.8 Å². The minimum absolute atomic E-state index is 0. The van der Waals surface area contributed by atoms with Gasteiger partial charge in [-0.05, 0) is 42.9 Å². The third kappa shape index (κ3) is 7.84. The number of nitrogens with one attached hydrogen (secondary N) is 2. The fraction of sp³-hybridized carbons (Fsp3) is 0.524. The average Bonchev–Trinajstić information content (AvgIpc) is 3.28. The first-order chi connectivity index (χ1) is 14.3. The lowest BCUT2D eigenvalue weighted by Gasteiger charge is -2.21. The first-order valence-corrected chi connectivity index (χ1v) is 10.1. The highest BCUT2D eigenvalue weighted by Gasteiger charge is 2.13. The van der Waals surface area contributed by atoms with Crippen molar-refractivity contribution in [2.24, 2.45) is 10.9 Å². The first-order valence-electron chi connectivity index (χ1n) is 10.1. The van der Waals surface area contributed by atoms with Gasteiger partial charge in [-0.1, -0.05) is 6.07 Å². The number of ether oxygens (including phenoxy) is 2. The molecule has 0 radical (unpaired) electrons. The van der Waals surface area contributed by atoms with E-state index in [1.807, 2.05) is 6.07 Å². The molecule has 166 valence electrons. The summed E-state index contributed by atoms with van der Waals surface area (Å²) < 4.78 is 27.1. The van der Waals surface area contributed by atoms with Gasteiger partial charge in [0.2, 0.25) is 0 Å². The monoisotopic (exact) mass is 531 g/mol. The van der Waals surface area contributed by atoms with E-state index in [4.69, 9.17) is 9.47 Å². The highest BCUT2D eigenvalue weighted by molar-refractivity contribution is 14.0. The summed E-state index contributed by atoms with van der Waals surface area (Å²) in [7, 11) is 1.72. The Morgan fingerprint density at radius 1 is 1.33 bits per heavy atom. The summed E-state index contributed by atoms with van der Waals surface area (Å²) in [6, 6.07) is 5.17. The van der Waals surface area contributed by atoms with Crippen LogP contribution in [0.4, 0.5) is 4.39 Å². The van der Waals surface area contributed by atoms with Crippen molar-refractivity contribution in [3.63, 3.8) is 0 Å². The molecular formula is C21H31FIN5O2. The summed E-state index contributed by atoms with van der Waals surface area (Å²) in [5.41, 5.74) is 1.32. The van der Waals surface area contributed by atoms with E-state index in [9.17, 15) is 4.39 Å². The van der Waals surface area contributed by atoms with E-state index in [1.54, 1.807) is 36.4 Å². The molecule has 1 aromatic heterocycles. The van der Waals surface area contributed by atoms with E-state index in [1.165, 1.54) is 6.07 Å². The molecule has 0 spiro atoms. The molecule has 1 aromatic carbocycles. The van der Waals surface area contributed by atoms with Crippen molar-refractivity contribution in [3.8, 4) is 5.69 Å². The number of rotatable bonds is 9. The molecule has 2 heterocycles. The maximum Gasteiger partial charge on any atom is 0.191 e. The Morgan fingerprint density at radius 3 is 2.87 bits per heavy atom. The second-order valence-corrected chi connectivity index (χ2v) is 7.09. The van der Waals surface area contributed by atoms with Crippen molar-refractivity contribution >= 4 is 29.9 Å². The number of hydrogen-bond acceptors (Lipinski definition) is 4. The van der Waals surface area contributed by atoms with E-state index in [2.05, 4.69) is 20.6 Å². The molecule has 0 saturated carbocycles. The smallest absolute Gasteiger partial charge is 0.191 e. The van der Waals surface area contributed by atoms with Gasteiger partial charge in [-0.3, -0.25) is 4.99 Å². The normalized spacial score (nSPS) is 14.9. The van der Waals surface area contributed by atoms with Gasteiger partial charge in [0.1, 0.15) is 5.82 Å². The molecule has 1 aliphatic heterocycles. The van der Waals surface area contributed by atoms with Gasteiger partial charge in [0.05, 0.1) is 12.0 Å². The molecule has 2 aromatic rings. The molecule has 0 aliphatic carbocycles. The van der Waals surface area contributed by atoms with Crippen LogP contribution in [0.2, 0.25) is 0 Å². The van der Waals surface area contributed by atoms with Crippen LogP contribution in [0.1, 0.15) is 24.8 Å². The molecule has 9 heteroatoms. The second-order valence-electron chi connectivity index (χ2n) is 7.09. The van der Waals surface area contributed by atoms with Crippen molar-refractivity contribution in [2.75, 3.05) is 40.0 Å². The van der Waals surface area contributed by atoms with Crippen molar-refractivity contribution in [2.45, 2.75) is 25.8 Å². The van der Waals surface area contributed by atoms with Crippen molar-refractivity contribution < 1.29 is 13.9 Å². The number of hydrogen-bond donors (Lipinski definition) is 2. The van der Waals surface area contributed by atoms with Gasteiger partial charge in [-0.2, -0.15) is 0 Å².